The molecule has 1 aromatic heterocycles. The van der Waals surface area contributed by atoms with Crippen LogP contribution in [0.15, 0.2) is 89.1 Å². The van der Waals surface area contributed by atoms with Gasteiger partial charge in [0.2, 0.25) is 5.91 Å². The number of thioether (sulfide) groups is 1. The van der Waals surface area contributed by atoms with Crippen molar-refractivity contribution in [2.24, 2.45) is 0 Å². The maximum atomic E-state index is 12.4. The van der Waals surface area contributed by atoms with Crippen molar-refractivity contribution < 1.29 is 4.79 Å². The number of aromatic nitrogens is 1. The van der Waals surface area contributed by atoms with E-state index in [-0.39, 0.29) is 11.7 Å². The van der Waals surface area contributed by atoms with Crippen molar-refractivity contribution in [2.45, 2.75) is 11.8 Å². The van der Waals surface area contributed by atoms with E-state index in [0.29, 0.717) is 10.2 Å². The van der Waals surface area contributed by atoms with Gasteiger partial charge in [-0.3, -0.25) is 4.79 Å². The standard InChI is InChI=1S/C25H22N4OS3/c1-17-10-12-19(13-11-17)26-24(31)27-20-8-5-9-21(14-20)32-16-23(30)29-25-28-22(15-33-25)18-6-3-2-4-7-18/h2-15H,16H2,1H3,(H2,26,27,31)(H,28,29,30). The first kappa shape index (κ1) is 23.0. The molecule has 0 unspecified atom stereocenters. The maximum Gasteiger partial charge on any atom is 0.236 e. The predicted octanol–water partition coefficient (Wildman–Crippen LogP) is 6.66. The summed E-state index contributed by atoms with van der Waals surface area (Å²) in [4.78, 5) is 17.9. The zero-order valence-electron chi connectivity index (χ0n) is 17.9. The molecule has 0 fully saturated rings. The zero-order chi connectivity index (χ0) is 23.0. The molecule has 5 nitrogen and oxygen atoms in total. The molecule has 4 rings (SSSR count). The number of hydrogen-bond donors (Lipinski definition) is 3. The average Bonchev–Trinajstić information content (AvgIpc) is 3.28. The van der Waals surface area contributed by atoms with Gasteiger partial charge in [-0.25, -0.2) is 4.98 Å². The summed E-state index contributed by atoms with van der Waals surface area (Å²) in [6.45, 7) is 2.04. The van der Waals surface area contributed by atoms with E-state index in [2.05, 4.69) is 20.9 Å². The smallest absolute Gasteiger partial charge is 0.236 e. The largest absolute Gasteiger partial charge is 0.332 e. The SMILES string of the molecule is Cc1ccc(NC(=S)Nc2cccc(SCC(=O)Nc3nc(-c4ccccc4)cs3)c2)cc1. The highest BCUT2D eigenvalue weighted by atomic mass is 32.2. The Balaban J connectivity index is 1.28. The van der Waals surface area contributed by atoms with Crippen LogP contribution in [-0.2, 0) is 4.79 Å². The number of thiocarbonyl (C=S) groups is 1. The number of hydrogen-bond acceptors (Lipinski definition) is 5. The van der Waals surface area contributed by atoms with E-state index in [1.165, 1.54) is 28.7 Å². The van der Waals surface area contributed by atoms with Crippen LogP contribution < -0.4 is 16.0 Å². The van der Waals surface area contributed by atoms with E-state index in [1.54, 1.807) is 0 Å². The van der Waals surface area contributed by atoms with Crippen LogP contribution in [-0.4, -0.2) is 21.8 Å². The number of nitrogens with zero attached hydrogens (tertiary/aromatic N) is 1. The number of carbonyl (C=O) groups excluding carboxylic acids is 1. The minimum absolute atomic E-state index is 0.0936. The molecule has 3 N–H and O–H groups in total. The lowest BCUT2D eigenvalue weighted by Crippen LogP contribution is -2.19. The Morgan fingerprint density at radius 2 is 1.70 bits per heavy atom. The Bertz CT molecular complexity index is 1240. The summed E-state index contributed by atoms with van der Waals surface area (Å²) in [7, 11) is 0. The molecule has 3 aromatic carbocycles. The molecule has 0 radical (unpaired) electrons. The summed E-state index contributed by atoms with van der Waals surface area (Å²) in [6, 6.07) is 25.7. The number of benzene rings is 3. The summed E-state index contributed by atoms with van der Waals surface area (Å²) in [5.41, 5.74) is 4.87. The highest BCUT2D eigenvalue weighted by molar-refractivity contribution is 8.00. The third-order valence-corrected chi connectivity index (χ3v) is 6.55. The molecule has 0 saturated carbocycles. The van der Waals surface area contributed by atoms with E-state index in [4.69, 9.17) is 12.2 Å². The van der Waals surface area contributed by atoms with E-state index in [9.17, 15) is 4.79 Å². The fourth-order valence-corrected chi connectivity index (χ4v) is 4.70. The quantitative estimate of drug-likeness (QED) is 0.199. The minimum atomic E-state index is -0.0936. The summed E-state index contributed by atoms with van der Waals surface area (Å²) in [6.07, 6.45) is 0. The first-order valence-electron chi connectivity index (χ1n) is 10.2. The van der Waals surface area contributed by atoms with Crippen LogP contribution >= 0.6 is 35.3 Å². The van der Waals surface area contributed by atoms with Gasteiger partial charge < -0.3 is 16.0 Å². The molecule has 0 aliphatic carbocycles. The minimum Gasteiger partial charge on any atom is -0.332 e. The van der Waals surface area contributed by atoms with E-state index in [1.807, 2.05) is 91.2 Å². The molecule has 1 heterocycles. The Labute approximate surface area is 206 Å². The van der Waals surface area contributed by atoms with Crippen LogP contribution in [0.4, 0.5) is 16.5 Å². The van der Waals surface area contributed by atoms with Gasteiger partial charge in [0.1, 0.15) is 0 Å². The highest BCUT2D eigenvalue weighted by Gasteiger charge is 2.09. The van der Waals surface area contributed by atoms with Gasteiger partial charge in [-0.1, -0.05) is 54.1 Å². The van der Waals surface area contributed by atoms with Crippen molar-refractivity contribution in [1.29, 1.82) is 0 Å². The maximum absolute atomic E-state index is 12.4. The number of anilines is 3. The molecule has 166 valence electrons. The van der Waals surface area contributed by atoms with Gasteiger partial charge in [-0.15, -0.1) is 23.1 Å². The van der Waals surface area contributed by atoms with Crippen molar-refractivity contribution in [1.82, 2.24) is 4.98 Å². The lowest BCUT2D eigenvalue weighted by molar-refractivity contribution is -0.113. The van der Waals surface area contributed by atoms with Gasteiger partial charge in [-0.05, 0) is 49.5 Å². The predicted molar refractivity (Wildman–Crippen MR) is 144 cm³/mol. The highest BCUT2D eigenvalue weighted by Crippen LogP contribution is 2.26. The van der Waals surface area contributed by atoms with E-state index < -0.39 is 0 Å². The van der Waals surface area contributed by atoms with Gasteiger partial charge in [0, 0.05) is 27.2 Å². The fourth-order valence-electron chi connectivity index (χ4n) is 2.97. The van der Waals surface area contributed by atoms with Crippen LogP contribution in [0, 0.1) is 6.92 Å². The molecule has 0 saturated heterocycles. The molecule has 0 spiro atoms. The Morgan fingerprint density at radius 3 is 2.48 bits per heavy atom. The van der Waals surface area contributed by atoms with Gasteiger partial charge in [0.15, 0.2) is 10.2 Å². The second-order valence-corrected chi connectivity index (χ2v) is 9.53. The van der Waals surface area contributed by atoms with Crippen LogP contribution in [0.25, 0.3) is 11.3 Å². The first-order chi connectivity index (χ1) is 16.0. The fraction of sp³-hybridized carbons (Fsp3) is 0.0800. The lowest BCUT2D eigenvalue weighted by Gasteiger charge is -2.11. The van der Waals surface area contributed by atoms with Crippen molar-refractivity contribution >= 4 is 62.8 Å². The molecule has 4 aromatic rings. The van der Waals surface area contributed by atoms with E-state index in [0.717, 1.165) is 27.5 Å². The summed E-state index contributed by atoms with van der Waals surface area (Å²) < 4.78 is 0. The normalized spacial score (nSPS) is 10.5. The van der Waals surface area contributed by atoms with Crippen molar-refractivity contribution in [2.75, 3.05) is 21.7 Å². The second kappa shape index (κ2) is 11.1. The molecule has 33 heavy (non-hydrogen) atoms. The Kier molecular flexibility index (Phi) is 7.72. The Morgan fingerprint density at radius 1 is 0.939 bits per heavy atom. The van der Waals surface area contributed by atoms with Crippen LogP contribution in [0.3, 0.4) is 0 Å². The molecule has 0 aliphatic rings. The number of amides is 1. The molecular formula is C25H22N4OS3. The molecule has 0 bridgehead atoms. The molecular weight excluding hydrogens is 469 g/mol. The zero-order valence-corrected chi connectivity index (χ0v) is 20.3. The van der Waals surface area contributed by atoms with Crippen molar-refractivity contribution in [3.05, 3.63) is 89.8 Å². The van der Waals surface area contributed by atoms with Gasteiger partial charge in [-0.2, -0.15) is 0 Å². The van der Waals surface area contributed by atoms with Gasteiger partial charge in [0.05, 0.1) is 11.4 Å². The van der Waals surface area contributed by atoms with Crippen LogP contribution in [0.5, 0.6) is 0 Å². The second-order valence-electron chi connectivity index (χ2n) is 7.21. The number of rotatable bonds is 7. The Hall–Kier alpha value is -3.20. The van der Waals surface area contributed by atoms with Crippen LogP contribution in [0.2, 0.25) is 0 Å². The molecule has 0 atom stereocenters. The topological polar surface area (TPSA) is 66.0 Å². The van der Waals surface area contributed by atoms with Crippen molar-refractivity contribution in [3.63, 3.8) is 0 Å². The molecule has 8 heteroatoms. The summed E-state index contributed by atoms with van der Waals surface area (Å²) >= 11 is 8.29. The lowest BCUT2D eigenvalue weighted by atomic mass is 10.2. The van der Waals surface area contributed by atoms with E-state index >= 15 is 0 Å². The molecule has 0 aliphatic heterocycles. The third-order valence-electron chi connectivity index (χ3n) is 4.59. The monoisotopic (exact) mass is 490 g/mol. The summed E-state index contributed by atoms with van der Waals surface area (Å²) in [5, 5.41) is 12.3. The third kappa shape index (κ3) is 6.89. The van der Waals surface area contributed by atoms with Crippen molar-refractivity contribution in [3.8, 4) is 11.3 Å². The number of aryl methyl sites for hydroxylation is 1. The number of thiazole rings is 1. The average molecular weight is 491 g/mol. The van der Waals surface area contributed by atoms with Crippen LogP contribution in [0.1, 0.15) is 5.56 Å². The number of nitrogens with one attached hydrogen (secondary N) is 3. The molecule has 1 amide bonds. The summed E-state index contributed by atoms with van der Waals surface area (Å²) in [5.74, 6) is 0.194. The first-order valence-corrected chi connectivity index (χ1v) is 12.5. The van der Waals surface area contributed by atoms with Gasteiger partial charge in [0.25, 0.3) is 0 Å². The van der Waals surface area contributed by atoms with Gasteiger partial charge >= 0.3 is 0 Å². The number of carbonyl (C=O) groups is 1.